The zero-order valence-electron chi connectivity index (χ0n) is 10.1. The monoisotopic (exact) mass is 259 g/mol. The zero-order valence-corrected chi connectivity index (χ0v) is 10.8. The van der Waals surface area contributed by atoms with Crippen LogP contribution in [0.4, 0.5) is 10.6 Å². The number of hydrogen-bond donors (Lipinski definition) is 1. The van der Waals surface area contributed by atoms with Crippen molar-refractivity contribution in [1.82, 2.24) is 10.2 Å². The summed E-state index contributed by atoms with van der Waals surface area (Å²) in [4.78, 5) is 11.5. The summed E-state index contributed by atoms with van der Waals surface area (Å²) >= 11 is 5.64. The van der Waals surface area contributed by atoms with Gasteiger partial charge in [0, 0.05) is 6.07 Å². The van der Waals surface area contributed by atoms with Crippen LogP contribution in [0.1, 0.15) is 20.8 Å². The van der Waals surface area contributed by atoms with Crippen LogP contribution in [0.5, 0.6) is 5.75 Å². The van der Waals surface area contributed by atoms with E-state index in [1.54, 1.807) is 20.8 Å². The van der Waals surface area contributed by atoms with Crippen LogP contribution in [0.2, 0.25) is 5.15 Å². The minimum absolute atomic E-state index is 0.158. The van der Waals surface area contributed by atoms with Gasteiger partial charge in [0.25, 0.3) is 0 Å². The van der Waals surface area contributed by atoms with Gasteiger partial charge in [-0.3, -0.25) is 5.32 Å². The van der Waals surface area contributed by atoms with Crippen molar-refractivity contribution in [3.8, 4) is 5.75 Å². The molecule has 1 aromatic rings. The molecule has 0 aliphatic carbocycles. The number of anilines is 1. The van der Waals surface area contributed by atoms with Gasteiger partial charge in [-0.25, -0.2) is 4.79 Å². The van der Waals surface area contributed by atoms with Crippen LogP contribution in [-0.4, -0.2) is 29.0 Å². The number of hydrogen-bond acceptors (Lipinski definition) is 5. The molecule has 0 saturated heterocycles. The summed E-state index contributed by atoms with van der Waals surface area (Å²) in [5.74, 6) is 0.474. The van der Waals surface area contributed by atoms with Gasteiger partial charge in [0.15, 0.2) is 10.9 Å². The summed E-state index contributed by atoms with van der Waals surface area (Å²) in [6.07, 6.45) is -0.632. The van der Waals surface area contributed by atoms with Gasteiger partial charge in [0.2, 0.25) is 5.82 Å². The lowest BCUT2D eigenvalue weighted by molar-refractivity contribution is 0.0634. The summed E-state index contributed by atoms with van der Waals surface area (Å²) < 4.78 is 10.1. The summed E-state index contributed by atoms with van der Waals surface area (Å²) in [6, 6.07) is 1.45. The minimum Gasteiger partial charge on any atom is -0.493 e. The molecule has 6 nitrogen and oxygen atoms in total. The largest absolute Gasteiger partial charge is 0.493 e. The first-order valence-electron chi connectivity index (χ1n) is 4.89. The number of nitrogens with one attached hydrogen (secondary N) is 1. The fourth-order valence-electron chi connectivity index (χ4n) is 0.995. The van der Waals surface area contributed by atoms with Crippen molar-refractivity contribution in [2.24, 2.45) is 0 Å². The Kier molecular flexibility index (Phi) is 4.11. The first-order valence-corrected chi connectivity index (χ1v) is 5.27. The van der Waals surface area contributed by atoms with Crippen LogP contribution < -0.4 is 10.1 Å². The zero-order chi connectivity index (χ0) is 13.1. The van der Waals surface area contributed by atoms with E-state index in [0.29, 0.717) is 5.75 Å². The van der Waals surface area contributed by atoms with Crippen LogP contribution in [0, 0.1) is 0 Å². The van der Waals surface area contributed by atoms with E-state index in [0.717, 1.165) is 0 Å². The lowest BCUT2D eigenvalue weighted by Gasteiger charge is -2.19. The molecule has 1 N–H and O–H groups in total. The van der Waals surface area contributed by atoms with Crippen molar-refractivity contribution in [3.05, 3.63) is 11.2 Å². The first kappa shape index (κ1) is 13.5. The lowest BCUT2D eigenvalue weighted by atomic mass is 10.2. The molecule has 0 spiro atoms. The molecule has 7 heteroatoms. The second-order valence-corrected chi connectivity index (χ2v) is 4.60. The molecule has 1 aromatic heterocycles. The Morgan fingerprint density at radius 3 is 2.59 bits per heavy atom. The Labute approximate surface area is 104 Å². The van der Waals surface area contributed by atoms with Gasteiger partial charge in [-0.05, 0) is 20.8 Å². The highest BCUT2D eigenvalue weighted by Crippen LogP contribution is 2.23. The third kappa shape index (κ3) is 4.44. The third-order valence-electron chi connectivity index (χ3n) is 1.57. The van der Waals surface area contributed by atoms with Crippen molar-refractivity contribution in [1.29, 1.82) is 0 Å². The number of nitrogens with zero attached hydrogens (tertiary/aromatic N) is 2. The molecule has 0 bridgehead atoms. The maximum atomic E-state index is 11.5. The molecule has 0 aromatic carbocycles. The topological polar surface area (TPSA) is 73.3 Å². The van der Waals surface area contributed by atoms with Gasteiger partial charge in [0.1, 0.15) is 5.60 Å². The summed E-state index contributed by atoms with van der Waals surface area (Å²) in [7, 11) is 1.44. The lowest BCUT2D eigenvalue weighted by Crippen LogP contribution is -2.27. The van der Waals surface area contributed by atoms with E-state index in [4.69, 9.17) is 21.1 Å². The SMILES string of the molecule is COc1cc(Cl)nnc1NC(=O)OC(C)(C)C. The number of rotatable bonds is 2. The van der Waals surface area contributed by atoms with Gasteiger partial charge >= 0.3 is 6.09 Å². The van der Waals surface area contributed by atoms with E-state index in [9.17, 15) is 4.79 Å². The Bertz CT molecular complexity index is 418. The highest BCUT2D eigenvalue weighted by Gasteiger charge is 2.18. The standard InChI is InChI=1S/C10H14ClN3O3/c1-10(2,3)17-9(15)12-8-6(16-4)5-7(11)13-14-8/h5H,1-4H3,(H,12,14,15). The number of methoxy groups -OCH3 is 1. The number of carbonyl (C=O) groups is 1. The molecule has 0 aliphatic rings. The fourth-order valence-corrected chi connectivity index (χ4v) is 1.13. The van der Waals surface area contributed by atoms with Gasteiger partial charge < -0.3 is 9.47 Å². The van der Waals surface area contributed by atoms with Crippen molar-refractivity contribution < 1.29 is 14.3 Å². The Morgan fingerprint density at radius 1 is 1.41 bits per heavy atom. The number of ether oxygens (including phenoxy) is 2. The quantitative estimate of drug-likeness (QED) is 0.883. The molecule has 0 atom stereocenters. The Morgan fingerprint density at radius 2 is 2.06 bits per heavy atom. The first-order chi connectivity index (χ1) is 7.81. The molecule has 94 valence electrons. The predicted octanol–water partition coefficient (Wildman–Crippen LogP) is 2.49. The Balaban J connectivity index is 2.78. The number of carbonyl (C=O) groups excluding carboxylic acids is 1. The Hall–Kier alpha value is -1.56. The number of amides is 1. The normalized spacial score (nSPS) is 10.9. The highest BCUT2D eigenvalue weighted by atomic mass is 35.5. The van der Waals surface area contributed by atoms with Crippen molar-refractivity contribution in [2.45, 2.75) is 26.4 Å². The molecule has 1 heterocycles. The minimum atomic E-state index is -0.632. The van der Waals surface area contributed by atoms with Crippen molar-refractivity contribution >= 4 is 23.5 Å². The average Bonchev–Trinajstić information content (AvgIpc) is 2.17. The van der Waals surface area contributed by atoms with E-state index >= 15 is 0 Å². The average molecular weight is 260 g/mol. The van der Waals surface area contributed by atoms with E-state index in [1.165, 1.54) is 13.2 Å². The summed E-state index contributed by atoms with van der Waals surface area (Å²) in [6.45, 7) is 5.28. The molecular formula is C10H14ClN3O3. The predicted molar refractivity (Wildman–Crippen MR) is 63.5 cm³/mol. The maximum Gasteiger partial charge on any atom is 0.413 e. The van der Waals surface area contributed by atoms with Crippen LogP contribution in [-0.2, 0) is 4.74 Å². The van der Waals surface area contributed by atoms with Gasteiger partial charge in [-0.1, -0.05) is 11.6 Å². The summed E-state index contributed by atoms with van der Waals surface area (Å²) in [5.41, 5.74) is -0.586. The number of halogens is 1. The second kappa shape index (κ2) is 5.18. The molecule has 0 saturated carbocycles. The second-order valence-electron chi connectivity index (χ2n) is 4.21. The maximum absolute atomic E-state index is 11.5. The molecular weight excluding hydrogens is 246 g/mol. The van der Waals surface area contributed by atoms with Crippen molar-refractivity contribution in [2.75, 3.05) is 12.4 Å². The van der Waals surface area contributed by atoms with E-state index in [1.807, 2.05) is 0 Å². The van der Waals surface area contributed by atoms with E-state index in [2.05, 4.69) is 15.5 Å². The molecule has 0 fully saturated rings. The summed E-state index contributed by atoms with van der Waals surface area (Å²) in [5, 5.41) is 9.91. The molecule has 17 heavy (non-hydrogen) atoms. The molecule has 0 radical (unpaired) electrons. The third-order valence-corrected chi connectivity index (χ3v) is 1.75. The highest BCUT2D eigenvalue weighted by molar-refractivity contribution is 6.29. The van der Waals surface area contributed by atoms with Gasteiger partial charge in [0.05, 0.1) is 7.11 Å². The fraction of sp³-hybridized carbons (Fsp3) is 0.500. The van der Waals surface area contributed by atoms with E-state index < -0.39 is 11.7 Å². The molecule has 1 rings (SSSR count). The van der Waals surface area contributed by atoms with Crippen LogP contribution in [0.25, 0.3) is 0 Å². The van der Waals surface area contributed by atoms with Crippen LogP contribution in [0.3, 0.4) is 0 Å². The molecule has 0 aliphatic heterocycles. The smallest absolute Gasteiger partial charge is 0.413 e. The molecule has 1 amide bonds. The van der Waals surface area contributed by atoms with Crippen molar-refractivity contribution in [3.63, 3.8) is 0 Å². The van der Waals surface area contributed by atoms with E-state index in [-0.39, 0.29) is 11.0 Å². The van der Waals surface area contributed by atoms with Gasteiger partial charge in [-0.15, -0.1) is 10.2 Å². The van der Waals surface area contributed by atoms with Gasteiger partial charge in [-0.2, -0.15) is 0 Å². The number of aromatic nitrogens is 2. The van der Waals surface area contributed by atoms with Crippen LogP contribution in [0.15, 0.2) is 6.07 Å². The van der Waals surface area contributed by atoms with Crippen LogP contribution >= 0.6 is 11.6 Å². The molecule has 0 unspecified atom stereocenters.